The molecule has 3 heterocycles. The highest BCUT2D eigenvalue weighted by atomic mass is 15.3. The molecule has 22 heavy (non-hydrogen) atoms. The Morgan fingerprint density at radius 1 is 1.05 bits per heavy atom. The Labute approximate surface area is 132 Å². The van der Waals surface area contributed by atoms with Gasteiger partial charge in [0.25, 0.3) is 0 Å². The Bertz CT molecular complexity index is 599. The monoisotopic (exact) mass is 299 g/mol. The molecule has 2 aromatic heterocycles. The Morgan fingerprint density at radius 3 is 2.55 bits per heavy atom. The lowest BCUT2D eigenvalue weighted by Crippen LogP contribution is -2.47. The summed E-state index contributed by atoms with van der Waals surface area (Å²) >= 11 is 0. The highest BCUT2D eigenvalue weighted by molar-refractivity contribution is 5.39. The minimum atomic E-state index is 1.06. The van der Waals surface area contributed by atoms with Gasteiger partial charge in [-0.15, -0.1) is 0 Å². The topological polar surface area (TPSA) is 37.2 Å². The van der Waals surface area contributed by atoms with E-state index in [0.717, 1.165) is 56.6 Å². The van der Waals surface area contributed by atoms with Crippen LogP contribution in [0.3, 0.4) is 0 Å². The van der Waals surface area contributed by atoms with Crippen molar-refractivity contribution >= 4 is 5.82 Å². The van der Waals surface area contributed by atoms with Crippen molar-refractivity contribution in [2.45, 2.75) is 26.8 Å². The van der Waals surface area contributed by atoms with Gasteiger partial charge in [0.05, 0.1) is 0 Å². The molecule has 0 N–H and O–H groups in total. The number of hydrogen-bond acceptors (Lipinski definition) is 4. The van der Waals surface area contributed by atoms with E-state index in [4.69, 9.17) is 0 Å². The molecule has 0 unspecified atom stereocenters. The highest BCUT2D eigenvalue weighted by Gasteiger charge is 2.17. The minimum absolute atomic E-state index is 1.06. The first kappa shape index (κ1) is 15.0. The summed E-state index contributed by atoms with van der Waals surface area (Å²) in [7, 11) is 0. The summed E-state index contributed by atoms with van der Waals surface area (Å²) in [6.07, 6.45) is 5.12. The fourth-order valence-corrected chi connectivity index (χ4v) is 3.01. The number of imidazole rings is 1. The molecular formula is C17H25N5. The zero-order valence-electron chi connectivity index (χ0n) is 13.6. The molecule has 0 atom stereocenters. The van der Waals surface area contributed by atoms with Gasteiger partial charge in [-0.25, -0.2) is 9.97 Å². The summed E-state index contributed by atoms with van der Waals surface area (Å²) in [6.45, 7) is 10.7. The molecule has 1 aliphatic heterocycles. The molecule has 2 aromatic rings. The minimum Gasteiger partial charge on any atom is -0.354 e. The molecule has 0 bridgehead atoms. The van der Waals surface area contributed by atoms with E-state index in [1.807, 2.05) is 6.20 Å². The maximum Gasteiger partial charge on any atom is 0.128 e. The van der Waals surface area contributed by atoms with Crippen molar-refractivity contribution in [2.24, 2.45) is 0 Å². The molecule has 1 aliphatic rings. The average Bonchev–Trinajstić information content (AvgIpc) is 2.93. The number of anilines is 1. The molecule has 3 rings (SSSR count). The van der Waals surface area contributed by atoms with Crippen LogP contribution in [0.25, 0.3) is 0 Å². The molecule has 1 fully saturated rings. The van der Waals surface area contributed by atoms with E-state index in [0.29, 0.717) is 0 Å². The van der Waals surface area contributed by atoms with Crippen LogP contribution < -0.4 is 4.90 Å². The van der Waals surface area contributed by atoms with Gasteiger partial charge in [-0.05, 0) is 38.9 Å². The predicted molar refractivity (Wildman–Crippen MR) is 89.2 cm³/mol. The zero-order valence-corrected chi connectivity index (χ0v) is 13.6. The van der Waals surface area contributed by atoms with Crippen molar-refractivity contribution in [1.82, 2.24) is 19.4 Å². The van der Waals surface area contributed by atoms with Crippen LogP contribution in [0.2, 0.25) is 0 Å². The van der Waals surface area contributed by atoms with Crippen LogP contribution in [0.4, 0.5) is 5.82 Å². The summed E-state index contributed by atoms with van der Waals surface area (Å²) in [5.74, 6) is 2.23. The van der Waals surface area contributed by atoms with Crippen LogP contribution in [0.15, 0.2) is 30.6 Å². The van der Waals surface area contributed by atoms with Gasteiger partial charge in [0, 0.05) is 50.8 Å². The van der Waals surface area contributed by atoms with Crippen LogP contribution in [-0.4, -0.2) is 52.2 Å². The van der Waals surface area contributed by atoms with E-state index in [1.165, 1.54) is 6.42 Å². The van der Waals surface area contributed by atoms with E-state index in [1.54, 1.807) is 0 Å². The first-order valence-corrected chi connectivity index (χ1v) is 8.11. The van der Waals surface area contributed by atoms with Gasteiger partial charge in [0.15, 0.2) is 0 Å². The van der Waals surface area contributed by atoms with Crippen molar-refractivity contribution < 1.29 is 0 Å². The van der Waals surface area contributed by atoms with Gasteiger partial charge < -0.3 is 9.47 Å². The molecule has 0 saturated carbocycles. The fourth-order valence-electron chi connectivity index (χ4n) is 3.01. The van der Waals surface area contributed by atoms with E-state index < -0.39 is 0 Å². The Morgan fingerprint density at radius 2 is 1.86 bits per heavy atom. The number of aromatic nitrogens is 3. The lowest BCUT2D eigenvalue weighted by molar-refractivity contribution is 0.249. The van der Waals surface area contributed by atoms with Crippen LogP contribution in [-0.2, 0) is 6.54 Å². The number of nitrogens with zero attached hydrogens (tertiary/aromatic N) is 5. The molecule has 0 spiro atoms. The van der Waals surface area contributed by atoms with Crippen molar-refractivity contribution in [3.8, 4) is 0 Å². The summed E-state index contributed by atoms with van der Waals surface area (Å²) in [5.41, 5.74) is 1.09. The number of hydrogen-bond donors (Lipinski definition) is 0. The van der Waals surface area contributed by atoms with Crippen molar-refractivity contribution in [3.63, 3.8) is 0 Å². The third-order valence-electron chi connectivity index (χ3n) is 4.37. The highest BCUT2D eigenvalue weighted by Crippen LogP contribution is 2.14. The molecule has 5 nitrogen and oxygen atoms in total. The lowest BCUT2D eigenvalue weighted by atomic mass is 10.2. The van der Waals surface area contributed by atoms with Gasteiger partial charge in [-0.3, -0.25) is 4.90 Å². The standard InChI is InChI=1S/C17H25N5/c1-15-5-3-6-17(19-15)22-13-11-20(12-14-22)8-4-9-21-10-7-18-16(21)2/h3,5-7,10H,4,8-9,11-14H2,1-2H3. The van der Waals surface area contributed by atoms with Crippen molar-refractivity contribution in [2.75, 3.05) is 37.6 Å². The van der Waals surface area contributed by atoms with Crippen LogP contribution in [0, 0.1) is 13.8 Å². The predicted octanol–water partition coefficient (Wildman–Crippen LogP) is 2.11. The lowest BCUT2D eigenvalue weighted by Gasteiger charge is -2.35. The van der Waals surface area contributed by atoms with Crippen molar-refractivity contribution in [1.29, 1.82) is 0 Å². The van der Waals surface area contributed by atoms with Gasteiger partial charge in [0.2, 0.25) is 0 Å². The average molecular weight is 299 g/mol. The second-order valence-corrected chi connectivity index (χ2v) is 5.99. The second-order valence-electron chi connectivity index (χ2n) is 5.99. The Balaban J connectivity index is 1.43. The normalized spacial score (nSPS) is 16.2. The smallest absolute Gasteiger partial charge is 0.128 e. The maximum atomic E-state index is 4.62. The largest absolute Gasteiger partial charge is 0.354 e. The van der Waals surface area contributed by atoms with Crippen LogP contribution in [0.1, 0.15) is 17.9 Å². The maximum absolute atomic E-state index is 4.62. The SMILES string of the molecule is Cc1cccc(N2CCN(CCCn3ccnc3C)CC2)n1. The van der Waals surface area contributed by atoms with E-state index in [9.17, 15) is 0 Å². The van der Waals surface area contributed by atoms with E-state index >= 15 is 0 Å². The number of pyridine rings is 1. The van der Waals surface area contributed by atoms with Gasteiger partial charge in [-0.2, -0.15) is 0 Å². The number of rotatable bonds is 5. The molecule has 5 heteroatoms. The van der Waals surface area contributed by atoms with Gasteiger partial charge in [0.1, 0.15) is 11.6 Å². The summed E-state index contributed by atoms with van der Waals surface area (Å²) < 4.78 is 2.23. The van der Waals surface area contributed by atoms with Crippen molar-refractivity contribution in [3.05, 3.63) is 42.1 Å². The summed E-state index contributed by atoms with van der Waals surface area (Å²) in [5, 5.41) is 0. The summed E-state index contributed by atoms with van der Waals surface area (Å²) in [4.78, 5) is 13.8. The Kier molecular flexibility index (Phi) is 4.73. The third kappa shape index (κ3) is 3.65. The van der Waals surface area contributed by atoms with Gasteiger partial charge in [-0.1, -0.05) is 6.07 Å². The van der Waals surface area contributed by atoms with Gasteiger partial charge >= 0.3 is 0 Å². The van der Waals surface area contributed by atoms with E-state index in [-0.39, 0.29) is 0 Å². The van der Waals surface area contributed by atoms with Crippen LogP contribution in [0.5, 0.6) is 0 Å². The molecule has 0 aromatic carbocycles. The molecular weight excluding hydrogens is 274 g/mol. The third-order valence-corrected chi connectivity index (χ3v) is 4.37. The molecule has 0 radical (unpaired) electrons. The van der Waals surface area contributed by atoms with E-state index in [2.05, 4.69) is 62.6 Å². The molecule has 1 saturated heterocycles. The first-order chi connectivity index (χ1) is 10.7. The molecule has 0 aliphatic carbocycles. The quantitative estimate of drug-likeness (QED) is 0.847. The number of aryl methyl sites for hydroxylation is 3. The molecule has 0 amide bonds. The van der Waals surface area contributed by atoms with Crippen LogP contribution >= 0.6 is 0 Å². The molecule has 118 valence electrons. The Hall–Kier alpha value is -1.88. The zero-order chi connectivity index (χ0) is 15.4. The fraction of sp³-hybridized carbons (Fsp3) is 0.529. The summed E-state index contributed by atoms with van der Waals surface area (Å²) in [6, 6.07) is 6.26. The number of piperazine rings is 1. The second kappa shape index (κ2) is 6.92. The first-order valence-electron chi connectivity index (χ1n) is 8.11.